The minimum atomic E-state index is 1.11. The highest BCUT2D eigenvalue weighted by atomic mass is 15.1. The van der Waals surface area contributed by atoms with Crippen molar-refractivity contribution in [2.24, 2.45) is 0 Å². The smallest absolute Gasteiger partial charge is 0.0945 e. The standard InChI is InChI=1S/C10H17N3/c1-2-6-12(5-1)7-3-8-13-9-4-11-10-13/h4,9-10H,1-3,5-8H2. The Balaban J connectivity index is 1.63. The van der Waals surface area contributed by atoms with Crippen LogP contribution in [0.2, 0.25) is 0 Å². The molecule has 0 spiro atoms. The summed E-state index contributed by atoms with van der Waals surface area (Å²) in [6, 6.07) is 0. The Bertz CT molecular complexity index is 224. The molecule has 2 heterocycles. The molecule has 1 aromatic rings. The Kier molecular flexibility index (Phi) is 2.98. The third-order valence-electron chi connectivity index (χ3n) is 2.65. The van der Waals surface area contributed by atoms with Gasteiger partial charge >= 0.3 is 0 Å². The zero-order valence-electron chi connectivity index (χ0n) is 8.02. The summed E-state index contributed by atoms with van der Waals surface area (Å²) in [7, 11) is 0. The molecule has 1 fully saturated rings. The lowest BCUT2D eigenvalue weighted by molar-refractivity contribution is 0.325. The van der Waals surface area contributed by atoms with E-state index in [4.69, 9.17) is 0 Å². The van der Waals surface area contributed by atoms with Gasteiger partial charge in [-0.2, -0.15) is 0 Å². The van der Waals surface area contributed by atoms with E-state index in [9.17, 15) is 0 Å². The highest BCUT2D eigenvalue weighted by Crippen LogP contribution is 2.07. The molecule has 0 N–H and O–H groups in total. The third-order valence-corrected chi connectivity index (χ3v) is 2.65. The summed E-state index contributed by atoms with van der Waals surface area (Å²) in [6.45, 7) is 4.97. The maximum Gasteiger partial charge on any atom is 0.0945 e. The van der Waals surface area contributed by atoms with Crippen LogP contribution in [0.1, 0.15) is 19.3 Å². The van der Waals surface area contributed by atoms with Crippen LogP contribution in [0.5, 0.6) is 0 Å². The molecule has 0 aromatic carbocycles. The number of nitrogens with zero attached hydrogens (tertiary/aromatic N) is 3. The van der Waals surface area contributed by atoms with Crippen LogP contribution in [0.4, 0.5) is 0 Å². The molecular formula is C10H17N3. The van der Waals surface area contributed by atoms with Crippen molar-refractivity contribution in [3.63, 3.8) is 0 Å². The molecule has 13 heavy (non-hydrogen) atoms. The normalized spacial score (nSPS) is 18.2. The largest absolute Gasteiger partial charge is 0.337 e. The first-order valence-electron chi connectivity index (χ1n) is 5.13. The number of hydrogen-bond donors (Lipinski definition) is 0. The van der Waals surface area contributed by atoms with Crippen molar-refractivity contribution in [2.75, 3.05) is 19.6 Å². The first-order chi connectivity index (χ1) is 6.45. The van der Waals surface area contributed by atoms with Crippen molar-refractivity contribution in [2.45, 2.75) is 25.8 Å². The average molecular weight is 179 g/mol. The van der Waals surface area contributed by atoms with Crippen LogP contribution >= 0.6 is 0 Å². The Morgan fingerprint density at radius 1 is 1.15 bits per heavy atom. The molecule has 0 bridgehead atoms. The Labute approximate surface area is 79.4 Å². The molecule has 0 aliphatic carbocycles. The first-order valence-corrected chi connectivity index (χ1v) is 5.13. The molecule has 1 aromatic heterocycles. The molecule has 1 saturated heterocycles. The highest BCUT2D eigenvalue weighted by molar-refractivity contribution is 4.74. The summed E-state index contributed by atoms with van der Waals surface area (Å²) in [6.07, 6.45) is 9.80. The Hall–Kier alpha value is -0.830. The lowest BCUT2D eigenvalue weighted by atomic mass is 10.4. The van der Waals surface area contributed by atoms with Gasteiger partial charge in [-0.15, -0.1) is 0 Å². The van der Waals surface area contributed by atoms with Crippen molar-refractivity contribution < 1.29 is 0 Å². The van der Waals surface area contributed by atoms with E-state index in [1.165, 1.54) is 38.9 Å². The molecule has 3 nitrogen and oxygen atoms in total. The predicted molar refractivity (Wildman–Crippen MR) is 52.5 cm³/mol. The summed E-state index contributed by atoms with van der Waals surface area (Å²) >= 11 is 0. The van der Waals surface area contributed by atoms with E-state index < -0.39 is 0 Å². The zero-order chi connectivity index (χ0) is 8.93. The van der Waals surface area contributed by atoms with Gasteiger partial charge in [-0.3, -0.25) is 0 Å². The van der Waals surface area contributed by atoms with E-state index in [0.29, 0.717) is 0 Å². The summed E-state index contributed by atoms with van der Waals surface area (Å²) < 4.78 is 2.15. The van der Waals surface area contributed by atoms with Crippen LogP contribution in [-0.4, -0.2) is 34.1 Å². The van der Waals surface area contributed by atoms with Crippen molar-refractivity contribution in [3.05, 3.63) is 18.7 Å². The fraction of sp³-hybridized carbons (Fsp3) is 0.700. The lowest BCUT2D eigenvalue weighted by Crippen LogP contribution is -2.21. The summed E-state index contributed by atoms with van der Waals surface area (Å²) in [5.41, 5.74) is 0. The van der Waals surface area contributed by atoms with Gasteiger partial charge in [0.2, 0.25) is 0 Å². The molecule has 2 rings (SSSR count). The Morgan fingerprint density at radius 2 is 2.00 bits per heavy atom. The first kappa shape index (κ1) is 8.75. The third kappa shape index (κ3) is 2.56. The van der Waals surface area contributed by atoms with Crippen LogP contribution in [0.25, 0.3) is 0 Å². The van der Waals surface area contributed by atoms with Gasteiger partial charge in [0.1, 0.15) is 0 Å². The summed E-state index contributed by atoms with van der Waals surface area (Å²) in [5.74, 6) is 0. The summed E-state index contributed by atoms with van der Waals surface area (Å²) in [4.78, 5) is 6.57. The van der Waals surface area contributed by atoms with Gasteiger partial charge in [0.25, 0.3) is 0 Å². The molecule has 3 heteroatoms. The van der Waals surface area contributed by atoms with Crippen molar-refractivity contribution in [3.8, 4) is 0 Å². The number of rotatable bonds is 4. The second-order valence-electron chi connectivity index (χ2n) is 3.70. The minimum Gasteiger partial charge on any atom is -0.337 e. The number of aryl methyl sites for hydroxylation is 1. The topological polar surface area (TPSA) is 21.1 Å². The van der Waals surface area contributed by atoms with Gasteiger partial charge in [-0.25, -0.2) is 4.98 Å². The number of likely N-dealkylation sites (tertiary alicyclic amines) is 1. The highest BCUT2D eigenvalue weighted by Gasteiger charge is 2.09. The van der Waals surface area contributed by atoms with E-state index in [1.54, 1.807) is 0 Å². The molecule has 0 unspecified atom stereocenters. The van der Waals surface area contributed by atoms with E-state index in [2.05, 4.69) is 14.5 Å². The van der Waals surface area contributed by atoms with E-state index in [1.807, 2.05) is 18.7 Å². The number of imidazole rings is 1. The van der Waals surface area contributed by atoms with Gasteiger partial charge < -0.3 is 9.47 Å². The SMILES string of the molecule is c1cn(CCCN2CCCC2)cn1. The van der Waals surface area contributed by atoms with Gasteiger partial charge in [-0.05, 0) is 38.9 Å². The molecule has 1 aliphatic heterocycles. The van der Waals surface area contributed by atoms with Crippen LogP contribution in [0, 0.1) is 0 Å². The summed E-state index contributed by atoms with van der Waals surface area (Å²) in [5, 5.41) is 0. The Morgan fingerprint density at radius 3 is 2.69 bits per heavy atom. The van der Waals surface area contributed by atoms with Gasteiger partial charge in [0, 0.05) is 18.9 Å². The number of aromatic nitrogens is 2. The van der Waals surface area contributed by atoms with Gasteiger partial charge in [0.15, 0.2) is 0 Å². The van der Waals surface area contributed by atoms with Crippen LogP contribution in [0.15, 0.2) is 18.7 Å². The number of hydrogen-bond acceptors (Lipinski definition) is 2. The monoisotopic (exact) mass is 179 g/mol. The van der Waals surface area contributed by atoms with Crippen LogP contribution < -0.4 is 0 Å². The molecule has 0 amide bonds. The van der Waals surface area contributed by atoms with Crippen LogP contribution in [-0.2, 0) is 6.54 Å². The molecule has 0 atom stereocenters. The fourth-order valence-corrected chi connectivity index (χ4v) is 1.90. The molecule has 0 radical (unpaired) electrons. The van der Waals surface area contributed by atoms with Crippen molar-refractivity contribution in [1.82, 2.24) is 14.5 Å². The van der Waals surface area contributed by atoms with Gasteiger partial charge in [0.05, 0.1) is 6.33 Å². The van der Waals surface area contributed by atoms with Gasteiger partial charge in [-0.1, -0.05) is 0 Å². The quantitative estimate of drug-likeness (QED) is 0.696. The maximum atomic E-state index is 4.02. The van der Waals surface area contributed by atoms with Crippen molar-refractivity contribution >= 4 is 0 Å². The molecule has 72 valence electrons. The second-order valence-corrected chi connectivity index (χ2v) is 3.70. The molecule has 1 aliphatic rings. The maximum absolute atomic E-state index is 4.02. The minimum absolute atomic E-state index is 1.11. The second kappa shape index (κ2) is 4.42. The lowest BCUT2D eigenvalue weighted by Gasteiger charge is -2.13. The van der Waals surface area contributed by atoms with E-state index >= 15 is 0 Å². The fourth-order valence-electron chi connectivity index (χ4n) is 1.90. The predicted octanol–water partition coefficient (Wildman–Crippen LogP) is 1.37. The average Bonchev–Trinajstić information content (AvgIpc) is 2.75. The van der Waals surface area contributed by atoms with E-state index in [0.717, 1.165) is 6.54 Å². The zero-order valence-corrected chi connectivity index (χ0v) is 8.02. The van der Waals surface area contributed by atoms with E-state index in [-0.39, 0.29) is 0 Å². The molecular weight excluding hydrogens is 162 g/mol. The molecule has 0 saturated carbocycles. The van der Waals surface area contributed by atoms with Crippen molar-refractivity contribution in [1.29, 1.82) is 0 Å². The van der Waals surface area contributed by atoms with Crippen LogP contribution in [0.3, 0.4) is 0 Å².